The molecular formula is C9H11Cl2NO2. The van der Waals surface area contributed by atoms with Gasteiger partial charge in [0.05, 0.1) is 16.8 Å². The summed E-state index contributed by atoms with van der Waals surface area (Å²) in [6.07, 6.45) is -1.55. The molecule has 0 aliphatic carbocycles. The van der Waals surface area contributed by atoms with Crippen molar-refractivity contribution in [1.29, 1.82) is 0 Å². The molecule has 0 saturated heterocycles. The normalized spacial score (nSPS) is 15.2. The van der Waals surface area contributed by atoms with Crippen molar-refractivity contribution in [3.8, 4) is 0 Å². The second kappa shape index (κ2) is 4.94. The van der Waals surface area contributed by atoms with Gasteiger partial charge in [-0.15, -0.1) is 0 Å². The predicted octanol–water partition coefficient (Wildman–Crippen LogP) is 2.19. The van der Waals surface area contributed by atoms with Crippen LogP contribution in [0.1, 0.15) is 25.1 Å². The van der Waals surface area contributed by atoms with Crippen LogP contribution in [0, 0.1) is 0 Å². The minimum absolute atomic E-state index is 0.216. The maximum Gasteiger partial charge on any atom is 0.129 e. The number of aliphatic hydroxyl groups excluding tert-OH is 2. The minimum atomic E-state index is -1.09. The van der Waals surface area contributed by atoms with Gasteiger partial charge < -0.3 is 10.2 Å². The number of rotatable bonds is 3. The molecule has 0 saturated carbocycles. The molecule has 1 rings (SSSR count). The van der Waals surface area contributed by atoms with Crippen molar-refractivity contribution in [3.05, 3.63) is 28.0 Å². The summed E-state index contributed by atoms with van der Waals surface area (Å²) in [5.41, 5.74) is 0.216. The monoisotopic (exact) mass is 235 g/mol. The number of pyridine rings is 1. The summed E-state index contributed by atoms with van der Waals surface area (Å²) in [5.74, 6) is 0. The molecule has 0 amide bonds. The summed E-state index contributed by atoms with van der Waals surface area (Å²) in [6, 6.07) is 3.07. The first-order valence-corrected chi connectivity index (χ1v) is 5.00. The van der Waals surface area contributed by atoms with Crippen LogP contribution in [0.15, 0.2) is 12.1 Å². The van der Waals surface area contributed by atoms with E-state index in [1.165, 1.54) is 12.1 Å². The maximum absolute atomic E-state index is 9.64. The van der Waals surface area contributed by atoms with Gasteiger partial charge in [0.15, 0.2) is 0 Å². The van der Waals surface area contributed by atoms with Crippen LogP contribution in [0.5, 0.6) is 0 Å². The van der Waals surface area contributed by atoms with Crippen molar-refractivity contribution < 1.29 is 10.2 Å². The van der Waals surface area contributed by atoms with Gasteiger partial charge in [-0.25, -0.2) is 4.98 Å². The molecular weight excluding hydrogens is 225 g/mol. The Bertz CT molecular complexity index is 320. The third-order valence-electron chi connectivity index (χ3n) is 1.90. The van der Waals surface area contributed by atoms with Crippen molar-refractivity contribution in [2.75, 3.05) is 0 Å². The lowest BCUT2D eigenvalue weighted by atomic mass is 10.1. The molecule has 1 heterocycles. The topological polar surface area (TPSA) is 53.4 Å². The predicted molar refractivity (Wildman–Crippen MR) is 55.5 cm³/mol. The number of nitrogens with zero attached hydrogens (tertiary/aromatic N) is 1. The molecule has 0 fully saturated rings. The van der Waals surface area contributed by atoms with Gasteiger partial charge in [0.25, 0.3) is 0 Å². The molecule has 0 aliphatic heterocycles. The van der Waals surface area contributed by atoms with Gasteiger partial charge in [-0.1, -0.05) is 30.1 Å². The zero-order valence-electron chi connectivity index (χ0n) is 7.61. The Labute approximate surface area is 92.3 Å². The lowest BCUT2D eigenvalue weighted by Gasteiger charge is -2.16. The van der Waals surface area contributed by atoms with E-state index < -0.39 is 12.2 Å². The van der Waals surface area contributed by atoms with Crippen LogP contribution in [0.25, 0.3) is 0 Å². The largest absolute Gasteiger partial charge is 0.390 e. The fourth-order valence-electron chi connectivity index (χ4n) is 1.05. The van der Waals surface area contributed by atoms with Crippen molar-refractivity contribution in [2.24, 2.45) is 0 Å². The molecule has 2 unspecified atom stereocenters. The SMILES string of the molecule is CCC(O)C(O)c1nc(Cl)ccc1Cl. The summed E-state index contributed by atoms with van der Waals surface area (Å²) in [5, 5.41) is 19.6. The van der Waals surface area contributed by atoms with Gasteiger partial charge in [-0.2, -0.15) is 0 Å². The third kappa shape index (κ3) is 2.58. The van der Waals surface area contributed by atoms with E-state index in [4.69, 9.17) is 23.2 Å². The molecule has 1 aromatic heterocycles. The summed E-state index contributed by atoms with van der Waals surface area (Å²) >= 11 is 11.4. The van der Waals surface area contributed by atoms with Crippen molar-refractivity contribution in [3.63, 3.8) is 0 Å². The number of aliphatic hydroxyl groups is 2. The number of hydrogen-bond donors (Lipinski definition) is 2. The first-order valence-electron chi connectivity index (χ1n) is 4.24. The number of aromatic nitrogens is 1. The van der Waals surface area contributed by atoms with Gasteiger partial charge in [0.1, 0.15) is 11.3 Å². The fourth-order valence-corrected chi connectivity index (χ4v) is 1.42. The first-order chi connectivity index (χ1) is 6.56. The molecule has 0 bridgehead atoms. The fraction of sp³-hybridized carbons (Fsp3) is 0.444. The lowest BCUT2D eigenvalue weighted by Crippen LogP contribution is -2.18. The van der Waals surface area contributed by atoms with Gasteiger partial charge in [-0.05, 0) is 18.6 Å². The summed E-state index contributed by atoms with van der Waals surface area (Å²) in [7, 11) is 0. The van der Waals surface area contributed by atoms with Crippen molar-refractivity contribution in [2.45, 2.75) is 25.6 Å². The molecule has 3 nitrogen and oxygen atoms in total. The molecule has 5 heteroatoms. The van der Waals surface area contributed by atoms with E-state index in [0.29, 0.717) is 11.4 Å². The zero-order valence-corrected chi connectivity index (χ0v) is 9.13. The number of hydrogen-bond acceptors (Lipinski definition) is 3. The van der Waals surface area contributed by atoms with Crippen molar-refractivity contribution in [1.82, 2.24) is 4.98 Å². The highest BCUT2D eigenvalue weighted by Crippen LogP contribution is 2.25. The van der Waals surface area contributed by atoms with E-state index in [2.05, 4.69) is 4.98 Å². The van der Waals surface area contributed by atoms with E-state index in [1.807, 2.05) is 0 Å². The standard InChI is InChI=1S/C9H11Cl2NO2/c1-2-6(13)9(14)8-5(10)3-4-7(11)12-8/h3-4,6,9,13-14H,2H2,1H3. The van der Waals surface area contributed by atoms with Crippen LogP contribution in [0.4, 0.5) is 0 Å². The van der Waals surface area contributed by atoms with Gasteiger partial charge in [0, 0.05) is 0 Å². The van der Waals surface area contributed by atoms with E-state index in [0.717, 1.165) is 0 Å². The van der Waals surface area contributed by atoms with E-state index in [9.17, 15) is 10.2 Å². The van der Waals surface area contributed by atoms with Crippen LogP contribution < -0.4 is 0 Å². The second-order valence-corrected chi connectivity index (χ2v) is 3.72. The molecule has 78 valence electrons. The van der Waals surface area contributed by atoms with Gasteiger partial charge in [-0.3, -0.25) is 0 Å². The Hall–Kier alpha value is -0.350. The second-order valence-electron chi connectivity index (χ2n) is 2.92. The van der Waals surface area contributed by atoms with Crippen LogP contribution in [-0.4, -0.2) is 21.3 Å². The lowest BCUT2D eigenvalue weighted by molar-refractivity contribution is 0.0140. The van der Waals surface area contributed by atoms with E-state index >= 15 is 0 Å². The summed E-state index contributed by atoms with van der Waals surface area (Å²) in [6.45, 7) is 1.76. The smallest absolute Gasteiger partial charge is 0.129 e. The van der Waals surface area contributed by atoms with Gasteiger partial charge >= 0.3 is 0 Å². The quantitative estimate of drug-likeness (QED) is 0.791. The Kier molecular flexibility index (Phi) is 4.13. The van der Waals surface area contributed by atoms with Crippen molar-refractivity contribution >= 4 is 23.2 Å². The van der Waals surface area contributed by atoms with E-state index in [1.54, 1.807) is 6.92 Å². The Morgan fingerprint density at radius 1 is 1.36 bits per heavy atom. The summed E-state index contributed by atoms with van der Waals surface area (Å²) < 4.78 is 0. The summed E-state index contributed by atoms with van der Waals surface area (Å²) in [4.78, 5) is 3.87. The average Bonchev–Trinajstić information content (AvgIpc) is 2.19. The molecule has 0 aliphatic rings. The van der Waals surface area contributed by atoms with Crippen LogP contribution in [0.3, 0.4) is 0 Å². The Morgan fingerprint density at radius 2 is 2.00 bits per heavy atom. The van der Waals surface area contributed by atoms with Gasteiger partial charge in [0.2, 0.25) is 0 Å². The van der Waals surface area contributed by atoms with Crippen LogP contribution >= 0.6 is 23.2 Å². The first kappa shape index (κ1) is 11.7. The molecule has 0 spiro atoms. The molecule has 2 atom stereocenters. The molecule has 0 radical (unpaired) electrons. The van der Waals surface area contributed by atoms with Crippen LogP contribution in [0.2, 0.25) is 10.2 Å². The number of halogens is 2. The highest BCUT2D eigenvalue weighted by Gasteiger charge is 2.20. The van der Waals surface area contributed by atoms with Crippen LogP contribution in [-0.2, 0) is 0 Å². The maximum atomic E-state index is 9.64. The third-order valence-corrected chi connectivity index (χ3v) is 2.43. The molecule has 0 aromatic carbocycles. The molecule has 2 N–H and O–H groups in total. The highest BCUT2D eigenvalue weighted by atomic mass is 35.5. The molecule has 14 heavy (non-hydrogen) atoms. The minimum Gasteiger partial charge on any atom is -0.390 e. The average molecular weight is 236 g/mol. The highest BCUT2D eigenvalue weighted by molar-refractivity contribution is 6.32. The zero-order chi connectivity index (χ0) is 10.7. The Morgan fingerprint density at radius 3 is 2.57 bits per heavy atom. The Balaban J connectivity index is 2.99. The molecule has 1 aromatic rings. The van der Waals surface area contributed by atoms with E-state index in [-0.39, 0.29) is 10.8 Å².